The summed E-state index contributed by atoms with van der Waals surface area (Å²) >= 11 is 2.24. The summed E-state index contributed by atoms with van der Waals surface area (Å²) in [5.74, 6) is 0. The molecule has 0 aliphatic carbocycles. The van der Waals surface area contributed by atoms with Gasteiger partial charge in [0.2, 0.25) is 0 Å². The smallest absolute Gasteiger partial charge is 0.171 e. The van der Waals surface area contributed by atoms with Gasteiger partial charge < -0.3 is 4.57 Å². The van der Waals surface area contributed by atoms with Gasteiger partial charge in [-0.25, -0.2) is 4.98 Å². The van der Waals surface area contributed by atoms with Crippen molar-refractivity contribution >= 4 is 22.6 Å². The highest BCUT2D eigenvalue weighted by atomic mass is 127. The van der Waals surface area contributed by atoms with Crippen LogP contribution in [0.4, 0.5) is 0 Å². The summed E-state index contributed by atoms with van der Waals surface area (Å²) in [5, 5.41) is 0. The predicted molar refractivity (Wildman–Crippen MR) is 54.6 cm³/mol. The summed E-state index contributed by atoms with van der Waals surface area (Å²) < 4.78 is 3.17. The van der Waals surface area contributed by atoms with Gasteiger partial charge in [0.1, 0.15) is 0 Å². The molecule has 11 heavy (non-hydrogen) atoms. The molecular formula is C8H13IN2. The standard InChI is InChI=1S/C8H13IN2/c1-8(2,3)6-5-10-7(9)11(6)4/h5H,1-4H3. The van der Waals surface area contributed by atoms with E-state index in [0.717, 1.165) is 3.83 Å². The first-order valence-corrected chi connectivity index (χ1v) is 4.68. The maximum Gasteiger partial charge on any atom is 0.171 e. The Bertz CT molecular complexity index is 258. The van der Waals surface area contributed by atoms with Crippen molar-refractivity contribution in [1.82, 2.24) is 9.55 Å². The molecule has 0 unspecified atom stereocenters. The molecule has 1 heterocycles. The van der Waals surface area contributed by atoms with E-state index >= 15 is 0 Å². The molecule has 0 atom stereocenters. The largest absolute Gasteiger partial charge is 0.326 e. The van der Waals surface area contributed by atoms with E-state index in [9.17, 15) is 0 Å². The number of hydrogen-bond acceptors (Lipinski definition) is 1. The Hall–Kier alpha value is -0.0600. The van der Waals surface area contributed by atoms with E-state index in [2.05, 4.69) is 60.0 Å². The maximum atomic E-state index is 4.23. The van der Waals surface area contributed by atoms with Crippen LogP contribution in [0.5, 0.6) is 0 Å². The number of hydrogen-bond donors (Lipinski definition) is 0. The minimum absolute atomic E-state index is 0.200. The van der Waals surface area contributed by atoms with Crippen molar-refractivity contribution in [1.29, 1.82) is 0 Å². The Morgan fingerprint density at radius 1 is 1.45 bits per heavy atom. The zero-order valence-electron chi connectivity index (χ0n) is 7.35. The van der Waals surface area contributed by atoms with Crippen LogP contribution in [-0.2, 0) is 12.5 Å². The highest BCUT2D eigenvalue weighted by Gasteiger charge is 2.18. The molecule has 0 N–H and O–H groups in total. The van der Waals surface area contributed by atoms with Crippen LogP contribution in [0.25, 0.3) is 0 Å². The molecule has 0 saturated carbocycles. The molecular weight excluding hydrogens is 251 g/mol. The first-order valence-electron chi connectivity index (χ1n) is 3.60. The van der Waals surface area contributed by atoms with E-state index in [1.165, 1.54) is 5.69 Å². The molecule has 1 aromatic rings. The number of nitrogens with zero attached hydrogens (tertiary/aromatic N) is 2. The molecule has 0 bridgehead atoms. The Kier molecular flexibility index (Phi) is 2.27. The summed E-state index contributed by atoms with van der Waals surface area (Å²) in [7, 11) is 2.05. The molecule has 1 aromatic heterocycles. The molecule has 0 saturated heterocycles. The van der Waals surface area contributed by atoms with Crippen LogP contribution >= 0.6 is 22.6 Å². The molecule has 0 fully saturated rings. The first-order chi connectivity index (χ1) is 4.93. The van der Waals surface area contributed by atoms with Gasteiger partial charge in [-0.3, -0.25) is 0 Å². The summed E-state index contributed by atoms with van der Waals surface area (Å²) in [4.78, 5) is 4.23. The number of rotatable bonds is 0. The summed E-state index contributed by atoms with van der Waals surface area (Å²) in [6, 6.07) is 0. The van der Waals surface area contributed by atoms with Gasteiger partial charge in [0.25, 0.3) is 0 Å². The summed E-state index contributed by atoms with van der Waals surface area (Å²) in [5.41, 5.74) is 1.48. The van der Waals surface area contributed by atoms with Crippen molar-refractivity contribution in [2.75, 3.05) is 0 Å². The van der Waals surface area contributed by atoms with Gasteiger partial charge in [-0.1, -0.05) is 20.8 Å². The van der Waals surface area contributed by atoms with Crippen molar-refractivity contribution < 1.29 is 0 Å². The second-order valence-corrected chi connectivity index (χ2v) is 4.69. The number of aromatic nitrogens is 2. The molecule has 0 amide bonds. The summed E-state index contributed by atoms with van der Waals surface area (Å²) in [6.07, 6.45) is 1.95. The molecule has 0 spiro atoms. The van der Waals surface area contributed by atoms with Crippen LogP contribution in [0.15, 0.2) is 6.20 Å². The van der Waals surface area contributed by atoms with Gasteiger partial charge in [-0.15, -0.1) is 0 Å². The van der Waals surface area contributed by atoms with E-state index in [1.54, 1.807) is 0 Å². The number of halogens is 1. The molecule has 62 valence electrons. The quantitative estimate of drug-likeness (QED) is 0.657. The molecule has 3 heteroatoms. The van der Waals surface area contributed by atoms with Gasteiger partial charge in [0.15, 0.2) is 3.83 Å². The van der Waals surface area contributed by atoms with E-state index in [4.69, 9.17) is 0 Å². The second kappa shape index (κ2) is 2.77. The monoisotopic (exact) mass is 264 g/mol. The predicted octanol–water partition coefficient (Wildman–Crippen LogP) is 2.32. The van der Waals surface area contributed by atoms with Gasteiger partial charge in [-0.05, 0) is 22.6 Å². The molecule has 0 radical (unpaired) electrons. The lowest BCUT2D eigenvalue weighted by atomic mass is 9.93. The van der Waals surface area contributed by atoms with Gasteiger partial charge in [0, 0.05) is 24.4 Å². The van der Waals surface area contributed by atoms with Crippen molar-refractivity contribution in [2.24, 2.45) is 7.05 Å². The minimum atomic E-state index is 0.200. The van der Waals surface area contributed by atoms with Crippen LogP contribution in [0, 0.1) is 3.83 Å². The summed E-state index contributed by atoms with van der Waals surface area (Å²) in [6.45, 7) is 6.58. The molecule has 0 aliphatic rings. The SMILES string of the molecule is Cn1c(C(C)(C)C)cnc1I. The van der Waals surface area contributed by atoms with Crippen molar-refractivity contribution in [2.45, 2.75) is 26.2 Å². The molecule has 2 nitrogen and oxygen atoms in total. The van der Waals surface area contributed by atoms with E-state index in [-0.39, 0.29) is 5.41 Å². The lowest BCUT2D eigenvalue weighted by molar-refractivity contribution is 0.540. The van der Waals surface area contributed by atoms with Gasteiger partial charge >= 0.3 is 0 Å². The third-order valence-corrected chi connectivity index (χ3v) is 2.70. The highest BCUT2D eigenvalue weighted by molar-refractivity contribution is 14.1. The second-order valence-electron chi connectivity index (χ2n) is 3.72. The Morgan fingerprint density at radius 3 is 2.18 bits per heavy atom. The Balaban J connectivity index is 3.15. The van der Waals surface area contributed by atoms with Gasteiger partial charge in [-0.2, -0.15) is 0 Å². The Labute approximate surface area is 81.2 Å². The van der Waals surface area contributed by atoms with Crippen LogP contribution in [-0.4, -0.2) is 9.55 Å². The van der Waals surface area contributed by atoms with Gasteiger partial charge in [0.05, 0.1) is 0 Å². The Morgan fingerprint density at radius 2 is 2.00 bits per heavy atom. The number of imidazole rings is 1. The topological polar surface area (TPSA) is 17.8 Å². The third kappa shape index (κ3) is 1.75. The lowest BCUT2D eigenvalue weighted by Gasteiger charge is -2.18. The third-order valence-electron chi connectivity index (χ3n) is 1.70. The van der Waals surface area contributed by atoms with Crippen LogP contribution in [0.3, 0.4) is 0 Å². The van der Waals surface area contributed by atoms with Crippen LogP contribution < -0.4 is 0 Å². The van der Waals surface area contributed by atoms with Crippen molar-refractivity contribution in [3.8, 4) is 0 Å². The zero-order chi connectivity index (χ0) is 8.65. The van der Waals surface area contributed by atoms with E-state index in [1.807, 2.05) is 6.20 Å². The zero-order valence-corrected chi connectivity index (χ0v) is 9.51. The van der Waals surface area contributed by atoms with Crippen molar-refractivity contribution in [3.63, 3.8) is 0 Å². The average molecular weight is 264 g/mol. The highest BCUT2D eigenvalue weighted by Crippen LogP contribution is 2.22. The molecule has 0 aliphatic heterocycles. The fourth-order valence-corrected chi connectivity index (χ4v) is 1.48. The van der Waals surface area contributed by atoms with Crippen LogP contribution in [0.1, 0.15) is 26.5 Å². The normalized spacial score (nSPS) is 12.1. The minimum Gasteiger partial charge on any atom is -0.326 e. The first kappa shape index (κ1) is 9.03. The van der Waals surface area contributed by atoms with E-state index in [0.29, 0.717) is 0 Å². The average Bonchev–Trinajstić information content (AvgIpc) is 2.11. The lowest BCUT2D eigenvalue weighted by Crippen LogP contribution is -2.16. The molecule has 0 aromatic carbocycles. The van der Waals surface area contributed by atoms with Crippen LogP contribution in [0.2, 0.25) is 0 Å². The maximum absolute atomic E-state index is 4.23. The van der Waals surface area contributed by atoms with E-state index < -0.39 is 0 Å². The fourth-order valence-electron chi connectivity index (χ4n) is 1.08. The van der Waals surface area contributed by atoms with Crippen molar-refractivity contribution in [3.05, 3.63) is 15.7 Å². The molecule has 1 rings (SSSR count). The fraction of sp³-hybridized carbons (Fsp3) is 0.625.